The summed E-state index contributed by atoms with van der Waals surface area (Å²) in [6.45, 7) is 0.533. The van der Waals surface area contributed by atoms with Gasteiger partial charge in [0.1, 0.15) is 6.04 Å². The first-order valence-electron chi connectivity index (χ1n) is 10.4. The van der Waals surface area contributed by atoms with E-state index in [0.717, 1.165) is 32.1 Å². The van der Waals surface area contributed by atoms with Crippen LogP contribution in [0.25, 0.3) is 0 Å². The summed E-state index contributed by atoms with van der Waals surface area (Å²) < 4.78 is 34.2. The van der Waals surface area contributed by atoms with Gasteiger partial charge in [0.25, 0.3) is 0 Å². The zero-order valence-corrected chi connectivity index (χ0v) is 19.6. The highest BCUT2D eigenvalue weighted by Gasteiger charge is 2.26. The number of carbonyl (C=O) groups is 2. The van der Waals surface area contributed by atoms with Crippen molar-refractivity contribution in [1.82, 2.24) is 19.6 Å². The van der Waals surface area contributed by atoms with Crippen LogP contribution in [0.3, 0.4) is 0 Å². The third kappa shape index (κ3) is 8.97. The molecule has 0 spiro atoms. The molecule has 0 radical (unpaired) electrons. The van der Waals surface area contributed by atoms with Crippen molar-refractivity contribution in [3.63, 3.8) is 0 Å². The smallest absolute Gasteiger partial charge is 0.305 e. The van der Waals surface area contributed by atoms with Gasteiger partial charge < -0.3 is 14.6 Å². The number of sulfonamides is 1. The van der Waals surface area contributed by atoms with Gasteiger partial charge in [-0.05, 0) is 37.1 Å². The fourth-order valence-electron chi connectivity index (χ4n) is 3.01. The SMILES string of the molecule is COC(=O)CCCCCCCNC(=O)[C@H](Cn1ccnc1)NS(=O)(=O)c1ccc(Cl)cc1. The molecule has 2 rings (SSSR count). The number of nitrogens with zero attached hydrogens (tertiary/aromatic N) is 2. The molecular formula is C21H29ClN4O5S. The monoisotopic (exact) mass is 484 g/mol. The second-order valence-electron chi connectivity index (χ2n) is 7.27. The van der Waals surface area contributed by atoms with Crippen LogP contribution in [0.4, 0.5) is 0 Å². The maximum Gasteiger partial charge on any atom is 0.305 e. The fraction of sp³-hybridized carbons (Fsp3) is 0.476. The van der Waals surface area contributed by atoms with Crippen LogP contribution >= 0.6 is 11.6 Å². The fourth-order valence-corrected chi connectivity index (χ4v) is 4.32. The van der Waals surface area contributed by atoms with Crippen LogP contribution in [0.1, 0.15) is 38.5 Å². The van der Waals surface area contributed by atoms with Crippen LogP contribution in [0.5, 0.6) is 0 Å². The Hall–Kier alpha value is -2.43. The van der Waals surface area contributed by atoms with Crippen molar-refractivity contribution in [2.75, 3.05) is 13.7 Å². The average molecular weight is 485 g/mol. The number of imidazole rings is 1. The summed E-state index contributed by atoms with van der Waals surface area (Å²) in [5, 5.41) is 3.22. The molecule has 0 bridgehead atoms. The highest BCUT2D eigenvalue weighted by molar-refractivity contribution is 7.89. The number of unbranched alkanes of at least 4 members (excludes halogenated alkanes) is 4. The Labute approximate surface area is 193 Å². The van der Waals surface area contributed by atoms with Gasteiger partial charge in [-0.25, -0.2) is 13.4 Å². The quantitative estimate of drug-likeness (QED) is 0.314. The number of esters is 1. The lowest BCUT2D eigenvalue weighted by Gasteiger charge is -2.19. The number of benzene rings is 1. The van der Waals surface area contributed by atoms with E-state index in [1.54, 1.807) is 17.0 Å². The number of halogens is 1. The summed E-state index contributed by atoms with van der Waals surface area (Å²) in [7, 11) is -2.54. The van der Waals surface area contributed by atoms with E-state index >= 15 is 0 Å². The van der Waals surface area contributed by atoms with E-state index in [0.29, 0.717) is 18.0 Å². The number of methoxy groups -OCH3 is 1. The van der Waals surface area contributed by atoms with E-state index in [1.807, 2.05) is 0 Å². The lowest BCUT2D eigenvalue weighted by atomic mass is 10.1. The first-order chi connectivity index (χ1) is 15.3. The third-order valence-corrected chi connectivity index (χ3v) is 6.51. The molecule has 0 unspecified atom stereocenters. The number of amides is 1. The first-order valence-corrected chi connectivity index (χ1v) is 12.3. The van der Waals surface area contributed by atoms with Crippen molar-refractivity contribution in [3.05, 3.63) is 48.0 Å². The van der Waals surface area contributed by atoms with Gasteiger partial charge in [-0.3, -0.25) is 9.59 Å². The number of hydrogen-bond donors (Lipinski definition) is 2. The Bertz CT molecular complexity index is 949. The Morgan fingerprint density at radius 2 is 1.81 bits per heavy atom. The molecule has 1 heterocycles. The molecule has 176 valence electrons. The number of rotatable bonds is 14. The zero-order valence-electron chi connectivity index (χ0n) is 18.0. The number of nitrogens with one attached hydrogen (secondary N) is 2. The largest absolute Gasteiger partial charge is 0.469 e. The van der Waals surface area contributed by atoms with Gasteiger partial charge in [0, 0.05) is 36.9 Å². The normalized spacial score (nSPS) is 12.3. The predicted molar refractivity (Wildman–Crippen MR) is 121 cm³/mol. The molecule has 0 saturated carbocycles. The molecule has 2 N–H and O–H groups in total. The van der Waals surface area contributed by atoms with E-state index in [1.165, 1.54) is 37.7 Å². The first kappa shape index (κ1) is 25.8. The topological polar surface area (TPSA) is 119 Å². The summed E-state index contributed by atoms with van der Waals surface area (Å²) in [5.74, 6) is -0.621. The Morgan fingerprint density at radius 1 is 1.12 bits per heavy atom. The Balaban J connectivity index is 1.86. The molecule has 11 heteroatoms. The number of aromatic nitrogens is 2. The van der Waals surface area contributed by atoms with Gasteiger partial charge in [-0.15, -0.1) is 0 Å². The molecule has 1 atom stereocenters. The highest BCUT2D eigenvalue weighted by Crippen LogP contribution is 2.14. The molecule has 1 aromatic carbocycles. The maximum absolute atomic E-state index is 12.7. The second kappa shape index (κ2) is 13.2. The van der Waals surface area contributed by atoms with Crippen molar-refractivity contribution < 1.29 is 22.7 Å². The number of carbonyl (C=O) groups excluding carboxylic acids is 2. The minimum Gasteiger partial charge on any atom is -0.469 e. The number of ether oxygens (including phenoxy) is 1. The Kier molecular flexibility index (Phi) is 10.6. The van der Waals surface area contributed by atoms with Crippen molar-refractivity contribution in [2.45, 2.75) is 56.0 Å². The van der Waals surface area contributed by atoms with Crippen LogP contribution in [-0.4, -0.2) is 49.5 Å². The zero-order chi connectivity index (χ0) is 23.4. The van der Waals surface area contributed by atoms with Crippen LogP contribution < -0.4 is 10.0 Å². The van der Waals surface area contributed by atoms with Crippen molar-refractivity contribution >= 4 is 33.5 Å². The van der Waals surface area contributed by atoms with Gasteiger partial charge in [0.2, 0.25) is 15.9 Å². The molecule has 1 aromatic heterocycles. The van der Waals surface area contributed by atoms with E-state index in [-0.39, 0.29) is 17.4 Å². The lowest BCUT2D eigenvalue weighted by molar-refractivity contribution is -0.140. The minimum atomic E-state index is -3.92. The third-order valence-electron chi connectivity index (χ3n) is 4.78. The highest BCUT2D eigenvalue weighted by atomic mass is 35.5. The molecular weight excluding hydrogens is 456 g/mol. The molecule has 1 amide bonds. The minimum absolute atomic E-state index is 0.0253. The van der Waals surface area contributed by atoms with Crippen LogP contribution in [0.15, 0.2) is 47.9 Å². The lowest BCUT2D eigenvalue weighted by Crippen LogP contribution is -2.49. The molecule has 0 fully saturated rings. The summed E-state index contributed by atoms with van der Waals surface area (Å²) in [6.07, 6.45) is 9.42. The van der Waals surface area contributed by atoms with E-state index in [2.05, 4.69) is 19.8 Å². The van der Waals surface area contributed by atoms with Crippen LogP contribution in [0, 0.1) is 0 Å². The van der Waals surface area contributed by atoms with Crippen LogP contribution in [-0.2, 0) is 30.9 Å². The summed E-state index contributed by atoms with van der Waals surface area (Å²) in [6, 6.07) is 4.72. The summed E-state index contributed by atoms with van der Waals surface area (Å²) in [5.41, 5.74) is 0. The summed E-state index contributed by atoms with van der Waals surface area (Å²) in [4.78, 5) is 27.8. The molecule has 9 nitrogen and oxygen atoms in total. The van der Waals surface area contributed by atoms with Gasteiger partial charge in [-0.2, -0.15) is 4.72 Å². The molecule has 0 aliphatic carbocycles. The standard InChI is InChI=1S/C21H29ClN4O5S/c1-31-20(27)7-5-3-2-4-6-12-24-21(28)19(15-26-14-13-23-16-26)25-32(29,30)18-10-8-17(22)9-11-18/h8-11,13-14,16,19,25H,2-7,12,15H2,1H3,(H,24,28)/t19-/m0/s1. The van der Waals surface area contributed by atoms with Gasteiger partial charge >= 0.3 is 5.97 Å². The van der Waals surface area contributed by atoms with E-state index < -0.39 is 22.0 Å². The van der Waals surface area contributed by atoms with Crippen molar-refractivity contribution in [3.8, 4) is 0 Å². The molecule has 0 aliphatic heterocycles. The van der Waals surface area contributed by atoms with Gasteiger partial charge in [-0.1, -0.05) is 30.9 Å². The Morgan fingerprint density at radius 3 is 2.47 bits per heavy atom. The average Bonchev–Trinajstić information content (AvgIpc) is 3.28. The molecule has 2 aromatic rings. The van der Waals surface area contributed by atoms with Crippen molar-refractivity contribution in [2.24, 2.45) is 0 Å². The second-order valence-corrected chi connectivity index (χ2v) is 9.42. The van der Waals surface area contributed by atoms with Gasteiger partial charge in [0.05, 0.1) is 18.3 Å². The van der Waals surface area contributed by atoms with Crippen LogP contribution in [0.2, 0.25) is 5.02 Å². The molecule has 0 saturated heterocycles. The molecule has 32 heavy (non-hydrogen) atoms. The van der Waals surface area contributed by atoms with Crippen molar-refractivity contribution in [1.29, 1.82) is 0 Å². The van der Waals surface area contributed by atoms with E-state index in [9.17, 15) is 18.0 Å². The van der Waals surface area contributed by atoms with E-state index in [4.69, 9.17) is 11.6 Å². The summed E-state index contributed by atoms with van der Waals surface area (Å²) >= 11 is 5.83. The molecule has 0 aliphatic rings. The van der Waals surface area contributed by atoms with Gasteiger partial charge in [0.15, 0.2) is 0 Å². The number of hydrogen-bond acceptors (Lipinski definition) is 6. The maximum atomic E-state index is 12.7. The predicted octanol–water partition coefficient (Wildman–Crippen LogP) is 2.51.